The van der Waals surface area contributed by atoms with E-state index in [2.05, 4.69) is 4.98 Å². The number of rotatable bonds is 1. The van der Waals surface area contributed by atoms with Gasteiger partial charge < -0.3 is 14.4 Å². The summed E-state index contributed by atoms with van der Waals surface area (Å²) >= 11 is 0. The summed E-state index contributed by atoms with van der Waals surface area (Å²) in [6.45, 7) is 1.01. The van der Waals surface area contributed by atoms with Crippen LogP contribution >= 0.6 is 0 Å². The molecule has 60 valence electrons. The SMILES string of the molecule is O[C@@H]1COC[C@@H]1n1ccnc1. The van der Waals surface area contributed by atoms with E-state index in [1.165, 1.54) is 0 Å². The first-order valence-corrected chi connectivity index (χ1v) is 3.61. The molecule has 0 spiro atoms. The van der Waals surface area contributed by atoms with Crippen LogP contribution in [0.25, 0.3) is 0 Å². The van der Waals surface area contributed by atoms with Gasteiger partial charge >= 0.3 is 0 Å². The van der Waals surface area contributed by atoms with Crippen molar-refractivity contribution in [1.29, 1.82) is 0 Å². The van der Waals surface area contributed by atoms with Gasteiger partial charge in [-0.1, -0.05) is 0 Å². The molecule has 4 heteroatoms. The molecule has 0 unspecified atom stereocenters. The third-order valence-corrected chi connectivity index (χ3v) is 1.93. The number of hydrogen-bond acceptors (Lipinski definition) is 3. The van der Waals surface area contributed by atoms with Crippen LogP contribution in [0, 0.1) is 0 Å². The Kier molecular flexibility index (Phi) is 1.63. The summed E-state index contributed by atoms with van der Waals surface area (Å²) in [5, 5.41) is 9.39. The van der Waals surface area contributed by atoms with E-state index in [-0.39, 0.29) is 12.1 Å². The summed E-state index contributed by atoms with van der Waals surface area (Å²) in [5.41, 5.74) is 0. The van der Waals surface area contributed by atoms with E-state index in [9.17, 15) is 5.11 Å². The molecule has 0 aliphatic carbocycles. The van der Waals surface area contributed by atoms with E-state index in [1.807, 2.05) is 10.8 Å². The van der Waals surface area contributed by atoms with Crippen LogP contribution in [0.5, 0.6) is 0 Å². The van der Waals surface area contributed by atoms with Crippen molar-refractivity contribution in [3.8, 4) is 0 Å². The van der Waals surface area contributed by atoms with Gasteiger partial charge in [0.05, 0.1) is 25.6 Å². The normalized spacial score (nSPS) is 31.0. The second-order valence-corrected chi connectivity index (χ2v) is 2.68. The number of nitrogens with zero attached hydrogens (tertiary/aromatic N) is 2. The molecule has 1 aromatic rings. The third kappa shape index (κ3) is 1.15. The van der Waals surface area contributed by atoms with Gasteiger partial charge in [0.1, 0.15) is 6.10 Å². The van der Waals surface area contributed by atoms with Crippen molar-refractivity contribution in [1.82, 2.24) is 9.55 Å². The smallest absolute Gasteiger partial charge is 0.100 e. The zero-order valence-corrected chi connectivity index (χ0v) is 6.05. The molecule has 1 aliphatic rings. The Bertz CT molecular complexity index is 222. The van der Waals surface area contributed by atoms with Crippen molar-refractivity contribution in [3.05, 3.63) is 18.7 Å². The van der Waals surface area contributed by atoms with Crippen molar-refractivity contribution >= 4 is 0 Å². The molecular formula is C7H10N2O2. The Balaban J connectivity index is 2.16. The first-order valence-electron chi connectivity index (χ1n) is 3.61. The topological polar surface area (TPSA) is 47.3 Å². The molecule has 0 bridgehead atoms. The van der Waals surface area contributed by atoms with E-state index >= 15 is 0 Å². The predicted molar refractivity (Wildman–Crippen MR) is 38.1 cm³/mol. The average molecular weight is 154 g/mol. The zero-order valence-electron chi connectivity index (χ0n) is 6.05. The van der Waals surface area contributed by atoms with Crippen LogP contribution < -0.4 is 0 Å². The molecular weight excluding hydrogens is 144 g/mol. The lowest BCUT2D eigenvalue weighted by Crippen LogP contribution is -2.20. The number of aliphatic hydroxyl groups excluding tert-OH is 1. The summed E-state index contributed by atoms with van der Waals surface area (Å²) in [6.07, 6.45) is 4.85. The van der Waals surface area contributed by atoms with Crippen LogP contribution in [0.2, 0.25) is 0 Å². The van der Waals surface area contributed by atoms with Crippen molar-refractivity contribution in [2.24, 2.45) is 0 Å². The molecule has 1 aromatic heterocycles. The Morgan fingerprint density at radius 2 is 2.45 bits per heavy atom. The van der Waals surface area contributed by atoms with E-state index in [0.717, 1.165) is 0 Å². The molecule has 11 heavy (non-hydrogen) atoms. The fraction of sp³-hybridized carbons (Fsp3) is 0.571. The number of imidazole rings is 1. The molecule has 2 atom stereocenters. The standard InChI is InChI=1S/C7H10N2O2/c10-7-4-11-3-6(7)9-2-1-8-5-9/h1-2,5-7,10H,3-4H2/t6-,7+/m0/s1. The summed E-state index contributed by atoms with van der Waals surface area (Å²) in [7, 11) is 0. The quantitative estimate of drug-likeness (QED) is 0.610. The summed E-state index contributed by atoms with van der Waals surface area (Å²) in [5.74, 6) is 0. The molecule has 0 amide bonds. The lowest BCUT2D eigenvalue weighted by molar-refractivity contribution is 0.119. The minimum absolute atomic E-state index is 0.0532. The first kappa shape index (κ1) is 6.82. The van der Waals surface area contributed by atoms with Crippen LogP contribution in [0.4, 0.5) is 0 Å². The Morgan fingerprint density at radius 1 is 1.55 bits per heavy atom. The minimum atomic E-state index is -0.385. The van der Waals surface area contributed by atoms with E-state index in [0.29, 0.717) is 13.2 Å². The van der Waals surface area contributed by atoms with Gasteiger partial charge in [-0.15, -0.1) is 0 Å². The van der Waals surface area contributed by atoms with Gasteiger partial charge in [-0.05, 0) is 0 Å². The van der Waals surface area contributed by atoms with Gasteiger partial charge in [0.25, 0.3) is 0 Å². The highest BCUT2D eigenvalue weighted by Gasteiger charge is 2.26. The number of aliphatic hydroxyl groups is 1. The van der Waals surface area contributed by atoms with E-state index < -0.39 is 0 Å². The molecule has 1 N–H and O–H groups in total. The van der Waals surface area contributed by atoms with Crippen molar-refractivity contribution in [2.75, 3.05) is 13.2 Å². The Morgan fingerprint density at radius 3 is 3.00 bits per heavy atom. The summed E-state index contributed by atoms with van der Waals surface area (Å²) in [6, 6.07) is 0.0532. The predicted octanol–water partition coefficient (Wildman–Crippen LogP) is -0.185. The monoisotopic (exact) mass is 154 g/mol. The fourth-order valence-corrected chi connectivity index (χ4v) is 1.28. The largest absolute Gasteiger partial charge is 0.388 e. The molecule has 1 aliphatic heterocycles. The molecule has 0 aromatic carbocycles. The fourth-order valence-electron chi connectivity index (χ4n) is 1.28. The average Bonchev–Trinajstić information content (AvgIpc) is 2.55. The highest BCUT2D eigenvalue weighted by molar-refractivity contribution is 4.86. The van der Waals surface area contributed by atoms with Crippen LogP contribution in [-0.2, 0) is 4.74 Å². The van der Waals surface area contributed by atoms with Crippen molar-refractivity contribution < 1.29 is 9.84 Å². The highest BCUT2D eigenvalue weighted by Crippen LogP contribution is 2.18. The molecule has 1 saturated heterocycles. The lowest BCUT2D eigenvalue weighted by atomic mass is 10.2. The second-order valence-electron chi connectivity index (χ2n) is 2.68. The molecule has 4 nitrogen and oxygen atoms in total. The van der Waals surface area contributed by atoms with Gasteiger partial charge in [0.2, 0.25) is 0 Å². The molecule has 0 radical (unpaired) electrons. The third-order valence-electron chi connectivity index (χ3n) is 1.93. The van der Waals surface area contributed by atoms with Gasteiger partial charge in [-0.2, -0.15) is 0 Å². The molecule has 1 fully saturated rings. The lowest BCUT2D eigenvalue weighted by Gasteiger charge is -2.12. The van der Waals surface area contributed by atoms with Gasteiger partial charge in [0.15, 0.2) is 0 Å². The first-order chi connectivity index (χ1) is 5.38. The molecule has 2 rings (SSSR count). The zero-order chi connectivity index (χ0) is 7.68. The maximum atomic E-state index is 9.39. The van der Waals surface area contributed by atoms with Crippen LogP contribution in [0.1, 0.15) is 6.04 Å². The van der Waals surface area contributed by atoms with Crippen LogP contribution in [0.15, 0.2) is 18.7 Å². The number of aromatic nitrogens is 2. The van der Waals surface area contributed by atoms with Crippen molar-refractivity contribution in [2.45, 2.75) is 12.1 Å². The number of ether oxygens (including phenoxy) is 1. The van der Waals surface area contributed by atoms with E-state index in [1.54, 1.807) is 12.5 Å². The minimum Gasteiger partial charge on any atom is -0.388 e. The highest BCUT2D eigenvalue weighted by atomic mass is 16.5. The Labute approximate surface area is 64.4 Å². The van der Waals surface area contributed by atoms with Crippen LogP contribution in [-0.4, -0.2) is 34.0 Å². The summed E-state index contributed by atoms with van der Waals surface area (Å²) < 4.78 is 6.97. The second kappa shape index (κ2) is 2.64. The van der Waals surface area contributed by atoms with E-state index in [4.69, 9.17) is 4.74 Å². The van der Waals surface area contributed by atoms with Crippen LogP contribution in [0.3, 0.4) is 0 Å². The maximum Gasteiger partial charge on any atom is 0.100 e. The van der Waals surface area contributed by atoms with Crippen molar-refractivity contribution in [3.63, 3.8) is 0 Å². The summed E-state index contributed by atoms with van der Waals surface area (Å²) in [4.78, 5) is 3.90. The Hall–Kier alpha value is -0.870. The van der Waals surface area contributed by atoms with Gasteiger partial charge in [-0.25, -0.2) is 4.98 Å². The number of hydrogen-bond donors (Lipinski definition) is 1. The van der Waals surface area contributed by atoms with Gasteiger partial charge in [0, 0.05) is 12.4 Å². The maximum absolute atomic E-state index is 9.39. The molecule has 2 heterocycles. The van der Waals surface area contributed by atoms with Gasteiger partial charge in [-0.3, -0.25) is 0 Å². The molecule has 0 saturated carbocycles.